The van der Waals surface area contributed by atoms with Crippen molar-refractivity contribution >= 4 is 5.97 Å². The highest BCUT2D eigenvalue weighted by Gasteiger charge is 2.42. The standard InChI is InChI=1S/C11H16N2O3/c1-13-6-7(3-9(13)10(15)16-2)11(12)4-8(14)5-11/h3,6,8,14H,4-5,12H2,1-2H3. The van der Waals surface area contributed by atoms with Gasteiger partial charge in [-0.05, 0) is 24.5 Å². The predicted octanol–water partition coefficient (Wildman–Crippen LogP) is 0.120. The van der Waals surface area contributed by atoms with Gasteiger partial charge in [-0.25, -0.2) is 4.79 Å². The minimum atomic E-state index is -0.497. The van der Waals surface area contributed by atoms with Gasteiger partial charge in [0, 0.05) is 18.8 Å². The van der Waals surface area contributed by atoms with Gasteiger partial charge in [0.25, 0.3) is 0 Å². The fourth-order valence-corrected chi connectivity index (χ4v) is 2.16. The third-order valence-corrected chi connectivity index (χ3v) is 3.17. The van der Waals surface area contributed by atoms with E-state index in [-0.39, 0.29) is 12.1 Å². The highest BCUT2D eigenvalue weighted by Crippen LogP contribution is 2.39. The highest BCUT2D eigenvalue weighted by molar-refractivity contribution is 5.88. The fourth-order valence-electron chi connectivity index (χ4n) is 2.16. The smallest absolute Gasteiger partial charge is 0.354 e. The van der Waals surface area contributed by atoms with Crippen LogP contribution in [0.1, 0.15) is 28.9 Å². The number of esters is 1. The maximum absolute atomic E-state index is 11.4. The van der Waals surface area contributed by atoms with E-state index >= 15 is 0 Å². The minimum Gasteiger partial charge on any atom is -0.464 e. The molecule has 0 aliphatic heterocycles. The first-order valence-electron chi connectivity index (χ1n) is 5.18. The first kappa shape index (κ1) is 11.2. The lowest BCUT2D eigenvalue weighted by molar-refractivity contribution is 0.0209. The maximum atomic E-state index is 11.4. The number of aliphatic hydroxyl groups excluding tert-OH is 1. The van der Waals surface area contributed by atoms with Crippen molar-refractivity contribution in [2.45, 2.75) is 24.5 Å². The summed E-state index contributed by atoms with van der Waals surface area (Å²) in [7, 11) is 3.12. The van der Waals surface area contributed by atoms with E-state index in [1.165, 1.54) is 7.11 Å². The summed E-state index contributed by atoms with van der Waals surface area (Å²) >= 11 is 0. The van der Waals surface area contributed by atoms with Crippen LogP contribution in [0, 0.1) is 0 Å². The van der Waals surface area contributed by atoms with Crippen molar-refractivity contribution in [3.05, 3.63) is 23.5 Å². The Kier molecular flexibility index (Phi) is 2.52. The summed E-state index contributed by atoms with van der Waals surface area (Å²) in [6.45, 7) is 0. The van der Waals surface area contributed by atoms with E-state index < -0.39 is 5.54 Å². The minimum absolute atomic E-state index is 0.327. The van der Waals surface area contributed by atoms with Crippen molar-refractivity contribution < 1.29 is 14.6 Å². The number of rotatable bonds is 2. The normalized spacial score (nSPS) is 28.6. The van der Waals surface area contributed by atoms with Gasteiger partial charge in [-0.2, -0.15) is 0 Å². The van der Waals surface area contributed by atoms with E-state index in [4.69, 9.17) is 5.73 Å². The summed E-state index contributed by atoms with van der Waals surface area (Å²) in [5.74, 6) is -0.378. The molecule has 0 amide bonds. The molecule has 5 nitrogen and oxygen atoms in total. The first-order valence-corrected chi connectivity index (χ1v) is 5.18. The second-order valence-electron chi connectivity index (χ2n) is 4.43. The van der Waals surface area contributed by atoms with Gasteiger partial charge in [-0.15, -0.1) is 0 Å². The zero-order chi connectivity index (χ0) is 11.9. The lowest BCUT2D eigenvalue weighted by Gasteiger charge is -2.41. The van der Waals surface area contributed by atoms with Gasteiger partial charge in [0.05, 0.1) is 13.2 Å². The van der Waals surface area contributed by atoms with Crippen LogP contribution in [-0.2, 0) is 17.3 Å². The molecule has 0 aromatic carbocycles. The summed E-state index contributed by atoms with van der Waals surface area (Å²) in [6, 6.07) is 1.73. The topological polar surface area (TPSA) is 77.5 Å². The average molecular weight is 224 g/mol. The molecule has 1 aliphatic rings. The van der Waals surface area contributed by atoms with Crippen LogP contribution in [0.25, 0.3) is 0 Å². The van der Waals surface area contributed by atoms with Crippen LogP contribution in [0.3, 0.4) is 0 Å². The van der Waals surface area contributed by atoms with Crippen molar-refractivity contribution in [3.63, 3.8) is 0 Å². The number of carbonyl (C=O) groups excluding carboxylic acids is 1. The summed E-state index contributed by atoms with van der Waals surface area (Å²) in [5.41, 5.74) is 6.97. The average Bonchev–Trinajstić information content (AvgIpc) is 2.57. The maximum Gasteiger partial charge on any atom is 0.354 e. The third kappa shape index (κ3) is 1.62. The van der Waals surface area contributed by atoms with Crippen LogP contribution >= 0.6 is 0 Å². The van der Waals surface area contributed by atoms with Crippen LogP contribution in [0.15, 0.2) is 12.3 Å². The Morgan fingerprint density at radius 3 is 2.81 bits per heavy atom. The van der Waals surface area contributed by atoms with Gasteiger partial charge in [0.15, 0.2) is 0 Å². The van der Waals surface area contributed by atoms with Crippen molar-refractivity contribution in [3.8, 4) is 0 Å². The Morgan fingerprint density at radius 1 is 1.69 bits per heavy atom. The predicted molar refractivity (Wildman–Crippen MR) is 57.9 cm³/mol. The number of hydrogen-bond acceptors (Lipinski definition) is 4. The molecule has 1 fully saturated rings. The quantitative estimate of drug-likeness (QED) is 0.699. The molecule has 1 saturated carbocycles. The summed E-state index contributed by atoms with van der Waals surface area (Å²) < 4.78 is 6.36. The van der Waals surface area contributed by atoms with Gasteiger partial charge >= 0.3 is 5.97 Å². The van der Waals surface area contributed by atoms with Crippen LogP contribution in [0.5, 0.6) is 0 Å². The summed E-state index contributed by atoms with van der Waals surface area (Å²) in [4.78, 5) is 11.4. The number of nitrogens with zero attached hydrogens (tertiary/aromatic N) is 1. The Hall–Kier alpha value is -1.33. The zero-order valence-corrected chi connectivity index (χ0v) is 9.43. The van der Waals surface area contributed by atoms with Gasteiger partial charge in [0.2, 0.25) is 0 Å². The zero-order valence-electron chi connectivity index (χ0n) is 9.43. The number of methoxy groups -OCH3 is 1. The van der Waals surface area contributed by atoms with E-state index in [1.54, 1.807) is 17.7 Å². The molecule has 1 aliphatic carbocycles. The molecular weight excluding hydrogens is 208 g/mol. The van der Waals surface area contributed by atoms with E-state index in [1.807, 2.05) is 6.20 Å². The van der Waals surface area contributed by atoms with E-state index in [2.05, 4.69) is 4.74 Å². The Bertz CT molecular complexity index is 419. The van der Waals surface area contributed by atoms with Crippen molar-refractivity contribution in [2.24, 2.45) is 12.8 Å². The number of carbonyl (C=O) groups is 1. The molecule has 1 aromatic rings. The second kappa shape index (κ2) is 3.61. The Balaban J connectivity index is 2.28. The first-order chi connectivity index (χ1) is 7.46. The largest absolute Gasteiger partial charge is 0.464 e. The van der Waals surface area contributed by atoms with Crippen molar-refractivity contribution in [1.82, 2.24) is 4.57 Å². The fraction of sp³-hybridized carbons (Fsp3) is 0.545. The van der Waals surface area contributed by atoms with Crippen molar-refractivity contribution in [1.29, 1.82) is 0 Å². The second-order valence-corrected chi connectivity index (χ2v) is 4.43. The van der Waals surface area contributed by atoms with Gasteiger partial charge in [0.1, 0.15) is 5.69 Å². The summed E-state index contributed by atoms with van der Waals surface area (Å²) in [5, 5.41) is 9.30. The van der Waals surface area contributed by atoms with E-state index in [9.17, 15) is 9.90 Å². The van der Waals surface area contributed by atoms with Crippen LogP contribution in [0.2, 0.25) is 0 Å². The van der Waals surface area contributed by atoms with Crippen LogP contribution in [-0.4, -0.2) is 28.9 Å². The number of aliphatic hydroxyl groups is 1. The Morgan fingerprint density at radius 2 is 2.31 bits per heavy atom. The molecule has 5 heteroatoms. The van der Waals surface area contributed by atoms with Crippen LogP contribution < -0.4 is 5.73 Å². The van der Waals surface area contributed by atoms with Gasteiger partial charge < -0.3 is 20.1 Å². The Labute approximate surface area is 93.8 Å². The lowest BCUT2D eigenvalue weighted by Crippen LogP contribution is -2.51. The molecule has 88 valence electrons. The molecule has 16 heavy (non-hydrogen) atoms. The van der Waals surface area contributed by atoms with E-state index in [0.717, 1.165) is 5.56 Å². The molecule has 3 N–H and O–H groups in total. The van der Waals surface area contributed by atoms with Crippen LogP contribution in [0.4, 0.5) is 0 Å². The molecule has 1 heterocycles. The number of aryl methyl sites for hydroxylation is 1. The number of hydrogen-bond donors (Lipinski definition) is 2. The molecule has 1 aromatic heterocycles. The van der Waals surface area contributed by atoms with Gasteiger partial charge in [-0.1, -0.05) is 0 Å². The molecule has 0 bridgehead atoms. The van der Waals surface area contributed by atoms with E-state index in [0.29, 0.717) is 18.5 Å². The lowest BCUT2D eigenvalue weighted by atomic mass is 9.71. The molecule has 0 saturated heterocycles. The number of aromatic nitrogens is 1. The number of nitrogens with two attached hydrogens (primary N) is 1. The monoisotopic (exact) mass is 224 g/mol. The third-order valence-electron chi connectivity index (χ3n) is 3.17. The summed E-state index contributed by atoms with van der Waals surface area (Å²) in [6.07, 6.45) is 2.57. The molecule has 0 spiro atoms. The molecular formula is C11H16N2O3. The SMILES string of the molecule is COC(=O)c1cc(C2(N)CC(O)C2)cn1C. The van der Waals surface area contributed by atoms with Gasteiger partial charge in [-0.3, -0.25) is 0 Å². The molecule has 0 unspecified atom stereocenters. The number of ether oxygens (including phenoxy) is 1. The highest BCUT2D eigenvalue weighted by atomic mass is 16.5. The molecule has 0 radical (unpaired) electrons. The molecule has 2 rings (SSSR count). The van der Waals surface area contributed by atoms with Crippen molar-refractivity contribution in [2.75, 3.05) is 7.11 Å². The molecule has 0 atom stereocenters.